The Kier molecular flexibility index (Phi) is 6.55. The first kappa shape index (κ1) is 21.6. The smallest absolute Gasteiger partial charge is 0.262 e. The van der Waals surface area contributed by atoms with Crippen molar-refractivity contribution < 1.29 is 14.2 Å². The Labute approximate surface area is 192 Å². The number of nitrogens with one attached hydrogen (secondary N) is 1. The predicted octanol–water partition coefficient (Wildman–Crippen LogP) is 4.06. The summed E-state index contributed by atoms with van der Waals surface area (Å²) >= 11 is 3.42. The SMILES string of the molecule is COc1cc(/C=C/c2nc3c(cnn3C)c(=O)[nH]2)ccc1OCCOc1cccc(Br)c1. The minimum atomic E-state index is -0.228. The summed E-state index contributed by atoms with van der Waals surface area (Å²) in [6, 6.07) is 13.2. The van der Waals surface area contributed by atoms with Gasteiger partial charge in [0.05, 0.1) is 13.3 Å². The fourth-order valence-corrected chi connectivity index (χ4v) is 3.46. The fourth-order valence-electron chi connectivity index (χ4n) is 3.08. The van der Waals surface area contributed by atoms with Gasteiger partial charge in [0.2, 0.25) is 0 Å². The summed E-state index contributed by atoms with van der Waals surface area (Å²) in [5.74, 6) is 2.42. The summed E-state index contributed by atoms with van der Waals surface area (Å²) in [4.78, 5) is 19.4. The van der Waals surface area contributed by atoms with Crippen LogP contribution in [0.1, 0.15) is 11.4 Å². The Morgan fingerprint density at radius 3 is 2.75 bits per heavy atom. The average molecular weight is 497 g/mol. The number of benzene rings is 2. The van der Waals surface area contributed by atoms with Gasteiger partial charge in [0.1, 0.15) is 30.2 Å². The Hall–Kier alpha value is -3.59. The number of fused-ring (bicyclic) bond motifs is 1. The molecule has 164 valence electrons. The molecule has 0 aliphatic rings. The summed E-state index contributed by atoms with van der Waals surface area (Å²) < 4.78 is 19.5. The quantitative estimate of drug-likeness (QED) is 0.370. The van der Waals surface area contributed by atoms with E-state index < -0.39 is 0 Å². The lowest BCUT2D eigenvalue weighted by molar-refractivity contribution is 0.211. The highest BCUT2D eigenvalue weighted by atomic mass is 79.9. The molecule has 0 saturated heterocycles. The van der Waals surface area contributed by atoms with Gasteiger partial charge in [-0.3, -0.25) is 9.48 Å². The monoisotopic (exact) mass is 496 g/mol. The lowest BCUT2D eigenvalue weighted by Crippen LogP contribution is -2.09. The summed E-state index contributed by atoms with van der Waals surface area (Å²) in [5, 5.41) is 4.52. The number of ether oxygens (including phenoxy) is 3. The van der Waals surface area contributed by atoms with Crippen molar-refractivity contribution in [3.05, 3.63) is 74.9 Å². The highest BCUT2D eigenvalue weighted by Crippen LogP contribution is 2.29. The van der Waals surface area contributed by atoms with Gasteiger partial charge >= 0.3 is 0 Å². The number of methoxy groups -OCH3 is 1. The van der Waals surface area contributed by atoms with Crippen LogP contribution < -0.4 is 19.8 Å². The molecule has 2 aromatic heterocycles. The molecule has 2 aromatic carbocycles. The fraction of sp³-hybridized carbons (Fsp3) is 0.174. The van der Waals surface area contributed by atoms with E-state index in [9.17, 15) is 4.79 Å². The molecule has 0 radical (unpaired) electrons. The molecule has 8 nitrogen and oxygen atoms in total. The van der Waals surface area contributed by atoms with E-state index in [0.29, 0.717) is 41.6 Å². The molecule has 0 bridgehead atoms. The van der Waals surface area contributed by atoms with Crippen molar-refractivity contribution >= 4 is 39.1 Å². The molecular weight excluding hydrogens is 476 g/mol. The first-order valence-electron chi connectivity index (χ1n) is 9.83. The van der Waals surface area contributed by atoms with E-state index in [4.69, 9.17) is 14.2 Å². The van der Waals surface area contributed by atoms with Crippen molar-refractivity contribution in [2.45, 2.75) is 0 Å². The minimum Gasteiger partial charge on any atom is -0.493 e. The molecule has 0 spiro atoms. The summed E-state index contributed by atoms with van der Waals surface area (Å²) in [6.45, 7) is 0.769. The molecular formula is C23H21BrN4O4. The highest BCUT2D eigenvalue weighted by Gasteiger charge is 2.08. The zero-order chi connectivity index (χ0) is 22.5. The Bertz CT molecular complexity index is 1330. The predicted molar refractivity (Wildman–Crippen MR) is 126 cm³/mol. The molecule has 0 atom stereocenters. The van der Waals surface area contributed by atoms with E-state index >= 15 is 0 Å². The number of nitrogens with zero attached hydrogens (tertiary/aromatic N) is 3. The first-order valence-corrected chi connectivity index (χ1v) is 10.6. The van der Waals surface area contributed by atoms with Gasteiger partial charge in [-0.1, -0.05) is 34.1 Å². The van der Waals surface area contributed by atoms with Crippen LogP contribution in [0, 0.1) is 0 Å². The maximum absolute atomic E-state index is 12.2. The standard InChI is InChI=1S/C23H21BrN4O4/c1-28-22-18(14-25-28)23(29)27-21(26-22)9-7-15-6-8-19(20(12-15)30-2)32-11-10-31-17-5-3-4-16(24)13-17/h3-9,12-14H,10-11H2,1-2H3,(H,26,27,29)/b9-7+. The van der Waals surface area contributed by atoms with E-state index in [1.165, 1.54) is 6.20 Å². The van der Waals surface area contributed by atoms with Crippen molar-refractivity contribution in [3.63, 3.8) is 0 Å². The van der Waals surface area contributed by atoms with Crippen molar-refractivity contribution in [3.8, 4) is 17.2 Å². The van der Waals surface area contributed by atoms with Gasteiger partial charge in [-0.25, -0.2) is 4.98 Å². The molecule has 4 rings (SSSR count). The second kappa shape index (κ2) is 9.69. The molecule has 9 heteroatoms. The van der Waals surface area contributed by atoms with Crippen molar-refractivity contribution in [2.24, 2.45) is 7.05 Å². The Balaban J connectivity index is 1.41. The molecule has 1 N–H and O–H groups in total. The lowest BCUT2D eigenvalue weighted by atomic mass is 10.2. The number of aromatic nitrogens is 4. The van der Waals surface area contributed by atoms with Crippen LogP contribution in [0.5, 0.6) is 17.2 Å². The number of aryl methyl sites for hydroxylation is 1. The first-order chi connectivity index (χ1) is 15.5. The van der Waals surface area contributed by atoms with Crippen molar-refractivity contribution in [2.75, 3.05) is 20.3 Å². The van der Waals surface area contributed by atoms with Crippen LogP contribution in [0.2, 0.25) is 0 Å². The lowest BCUT2D eigenvalue weighted by Gasteiger charge is -2.12. The molecule has 0 saturated carbocycles. The van der Waals surface area contributed by atoms with Crippen LogP contribution in [0.4, 0.5) is 0 Å². The number of H-pyrrole nitrogens is 1. The maximum atomic E-state index is 12.2. The third-order valence-corrected chi connectivity index (χ3v) is 5.14. The van der Waals surface area contributed by atoms with E-state index in [-0.39, 0.29) is 5.56 Å². The summed E-state index contributed by atoms with van der Waals surface area (Å²) in [5.41, 5.74) is 1.17. The van der Waals surface area contributed by atoms with Crippen LogP contribution in [-0.2, 0) is 7.05 Å². The van der Waals surface area contributed by atoms with Gasteiger partial charge in [0.15, 0.2) is 17.1 Å². The highest BCUT2D eigenvalue weighted by molar-refractivity contribution is 9.10. The second-order valence-electron chi connectivity index (χ2n) is 6.85. The van der Waals surface area contributed by atoms with Crippen LogP contribution in [0.3, 0.4) is 0 Å². The molecule has 0 fully saturated rings. The van der Waals surface area contributed by atoms with E-state index in [1.807, 2.05) is 48.5 Å². The topological polar surface area (TPSA) is 91.3 Å². The largest absolute Gasteiger partial charge is 0.493 e. The van der Waals surface area contributed by atoms with E-state index in [0.717, 1.165) is 15.8 Å². The van der Waals surface area contributed by atoms with Gasteiger partial charge < -0.3 is 19.2 Å². The third-order valence-electron chi connectivity index (χ3n) is 4.65. The van der Waals surface area contributed by atoms with Crippen LogP contribution in [0.15, 0.2) is 57.9 Å². The number of aromatic amines is 1. The van der Waals surface area contributed by atoms with Gasteiger partial charge in [-0.2, -0.15) is 5.10 Å². The van der Waals surface area contributed by atoms with Crippen LogP contribution >= 0.6 is 15.9 Å². The zero-order valence-electron chi connectivity index (χ0n) is 17.5. The minimum absolute atomic E-state index is 0.228. The van der Waals surface area contributed by atoms with Gasteiger partial charge in [-0.05, 0) is 42.0 Å². The number of hydrogen-bond donors (Lipinski definition) is 1. The van der Waals surface area contributed by atoms with Crippen LogP contribution in [-0.4, -0.2) is 40.1 Å². The van der Waals surface area contributed by atoms with Gasteiger partial charge in [0, 0.05) is 11.5 Å². The molecule has 2 heterocycles. The Morgan fingerprint density at radius 2 is 1.94 bits per heavy atom. The van der Waals surface area contributed by atoms with Crippen molar-refractivity contribution in [1.29, 1.82) is 0 Å². The van der Waals surface area contributed by atoms with Gasteiger partial charge in [-0.15, -0.1) is 0 Å². The van der Waals surface area contributed by atoms with Crippen molar-refractivity contribution in [1.82, 2.24) is 19.7 Å². The Morgan fingerprint density at radius 1 is 1.09 bits per heavy atom. The summed E-state index contributed by atoms with van der Waals surface area (Å²) in [6.07, 6.45) is 5.07. The molecule has 0 amide bonds. The molecule has 0 aliphatic heterocycles. The van der Waals surface area contributed by atoms with Crippen LogP contribution in [0.25, 0.3) is 23.2 Å². The molecule has 4 aromatic rings. The molecule has 32 heavy (non-hydrogen) atoms. The zero-order valence-corrected chi connectivity index (χ0v) is 19.1. The normalized spacial score (nSPS) is 11.2. The second-order valence-corrected chi connectivity index (χ2v) is 7.77. The number of hydrogen-bond acceptors (Lipinski definition) is 6. The van der Waals surface area contributed by atoms with E-state index in [2.05, 4.69) is 31.0 Å². The number of halogens is 1. The third kappa shape index (κ3) is 5.00. The summed E-state index contributed by atoms with van der Waals surface area (Å²) in [7, 11) is 3.33. The molecule has 0 aliphatic carbocycles. The average Bonchev–Trinajstić information content (AvgIpc) is 3.17. The van der Waals surface area contributed by atoms with E-state index in [1.54, 1.807) is 24.9 Å². The maximum Gasteiger partial charge on any atom is 0.262 e. The number of rotatable bonds is 8. The molecule has 0 unspecified atom stereocenters. The van der Waals surface area contributed by atoms with Gasteiger partial charge in [0.25, 0.3) is 5.56 Å².